The molecule has 0 aliphatic heterocycles. The van der Waals surface area contributed by atoms with Crippen LogP contribution in [0.4, 0.5) is 0 Å². The van der Waals surface area contributed by atoms with Gasteiger partial charge >= 0.3 is 0 Å². The van der Waals surface area contributed by atoms with E-state index in [1.165, 1.54) is 10.7 Å². The first-order valence-corrected chi connectivity index (χ1v) is 8.25. The van der Waals surface area contributed by atoms with Gasteiger partial charge in [-0.1, -0.05) is 13.3 Å². The van der Waals surface area contributed by atoms with E-state index in [-0.39, 0.29) is 5.41 Å². The van der Waals surface area contributed by atoms with Gasteiger partial charge < -0.3 is 5.32 Å². The predicted molar refractivity (Wildman–Crippen MR) is 74.7 cm³/mol. The Hall–Kier alpha value is -0.170. The van der Waals surface area contributed by atoms with Crippen molar-refractivity contribution in [2.24, 2.45) is 5.41 Å². The van der Waals surface area contributed by atoms with Crippen LogP contribution in [-0.2, 0) is 10.2 Å². The largest absolute Gasteiger partial charge is 0.320 e. The molecule has 1 rings (SSSR count). The highest BCUT2D eigenvalue weighted by molar-refractivity contribution is 7.87. The second-order valence-electron chi connectivity index (χ2n) is 5.31. The van der Waals surface area contributed by atoms with E-state index < -0.39 is 10.2 Å². The summed E-state index contributed by atoms with van der Waals surface area (Å²) in [5.41, 5.74) is 0.221. The first kappa shape index (κ1) is 15.9. The Morgan fingerprint density at radius 1 is 1.33 bits per heavy atom. The molecule has 0 saturated heterocycles. The van der Waals surface area contributed by atoms with E-state index in [9.17, 15) is 8.42 Å². The minimum atomic E-state index is -3.30. The van der Waals surface area contributed by atoms with Gasteiger partial charge in [0, 0.05) is 20.1 Å². The van der Waals surface area contributed by atoms with Gasteiger partial charge in [0.15, 0.2) is 0 Å². The predicted octanol–water partition coefficient (Wildman–Crippen LogP) is 0.942. The molecular formula is C12H27N3O2S. The van der Waals surface area contributed by atoms with E-state index in [1.54, 1.807) is 7.05 Å². The van der Waals surface area contributed by atoms with E-state index in [0.717, 1.165) is 32.2 Å². The van der Waals surface area contributed by atoms with Crippen LogP contribution in [0.25, 0.3) is 0 Å². The van der Waals surface area contributed by atoms with Gasteiger partial charge in [-0.15, -0.1) is 0 Å². The van der Waals surface area contributed by atoms with Crippen molar-refractivity contribution in [1.29, 1.82) is 0 Å². The number of rotatable bonds is 9. The van der Waals surface area contributed by atoms with Gasteiger partial charge in [0.2, 0.25) is 0 Å². The fourth-order valence-electron chi connectivity index (χ4n) is 2.29. The lowest BCUT2D eigenvalue weighted by Gasteiger charge is -2.41. The van der Waals surface area contributed by atoms with Gasteiger partial charge in [-0.3, -0.25) is 0 Å². The Bertz CT molecular complexity index is 334. The first-order chi connectivity index (χ1) is 8.46. The topological polar surface area (TPSA) is 61.4 Å². The highest BCUT2D eigenvalue weighted by Gasteiger charge is 2.36. The monoisotopic (exact) mass is 277 g/mol. The summed E-state index contributed by atoms with van der Waals surface area (Å²) in [5.74, 6) is 0. The maximum atomic E-state index is 12.0. The lowest BCUT2D eigenvalue weighted by molar-refractivity contribution is 0.132. The first-order valence-electron chi connectivity index (χ1n) is 6.81. The molecule has 0 heterocycles. The molecule has 0 aromatic heterocycles. The van der Waals surface area contributed by atoms with Crippen molar-refractivity contribution in [2.75, 3.05) is 33.7 Å². The minimum Gasteiger partial charge on any atom is -0.320 e. The second kappa shape index (κ2) is 6.84. The summed E-state index contributed by atoms with van der Waals surface area (Å²) >= 11 is 0. The lowest BCUT2D eigenvalue weighted by Crippen LogP contribution is -2.46. The highest BCUT2D eigenvalue weighted by Crippen LogP contribution is 2.43. The zero-order valence-electron chi connectivity index (χ0n) is 11.8. The molecular weight excluding hydrogens is 250 g/mol. The van der Waals surface area contributed by atoms with Gasteiger partial charge in [0.05, 0.1) is 0 Å². The van der Waals surface area contributed by atoms with Crippen LogP contribution >= 0.6 is 0 Å². The third-order valence-electron chi connectivity index (χ3n) is 4.10. The number of nitrogens with zero attached hydrogens (tertiary/aromatic N) is 1. The van der Waals surface area contributed by atoms with Crippen LogP contribution in [0.1, 0.15) is 39.0 Å². The van der Waals surface area contributed by atoms with Crippen LogP contribution in [0.15, 0.2) is 0 Å². The van der Waals surface area contributed by atoms with Gasteiger partial charge in [-0.05, 0) is 44.7 Å². The van der Waals surface area contributed by atoms with Crippen molar-refractivity contribution in [3.8, 4) is 0 Å². The van der Waals surface area contributed by atoms with Crippen molar-refractivity contribution in [1.82, 2.24) is 14.3 Å². The molecule has 0 amide bonds. The Morgan fingerprint density at radius 2 is 2.00 bits per heavy atom. The van der Waals surface area contributed by atoms with E-state index in [1.807, 2.05) is 7.05 Å². The van der Waals surface area contributed by atoms with Gasteiger partial charge in [-0.2, -0.15) is 12.7 Å². The maximum Gasteiger partial charge on any atom is 0.279 e. The van der Waals surface area contributed by atoms with Crippen molar-refractivity contribution < 1.29 is 8.42 Å². The highest BCUT2D eigenvalue weighted by atomic mass is 32.2. The van der Waals surface area contributed by atoms with Crippen LogP contribution in [0, 0.1) is 5.41 Å². The number of hydrogen-bond donors (Lipinski definition) is 2. The molecule has 18 heavy (non-hydrogen) atoms. The molecule has 1 saturated carbocycles. The summed E-state index contributed by atoms with van der Waals surface area (Å²) in [6.07, 6.45) is 5.41. The standard InChI is InChI=1S/C12H27N3O2S/c1-4-12(7-5-8-12)11-14-18(16,17)15(3)10-6-9-13-2/h13-14H,4-11H2,1-3H3. The van der Waals surface area contributed by atoms with E-state index in [2.05, 4.69) is 17.0 Å². The molecule has 0 radical (unpaired) electrons. The third-order valence-corrected chi connectivity index (χ3v) is 5.62. The van der Waals surface area contributed by atoms with Crippen LogP contribution in [0.3, 0.4) is 0 Å². The SMILES string of the molecule is CCC1(CNS(=O)(=O)N(C)CCCNC)CCC1. The van der Waals surface area contributed by atoms with Gasteiger partial charge in [-0.25, -0.2) is 4.72 Å². The summed E-state index contributed by atoms with van der Waals surface area (Å²) in [5, 5.41) is 3.02. The fraction of sp³-hybridized carbons (Fsp3) is 1.00. The smallest absolute Gasteiger partial charge is 0.279 e. The molecule has 5 nitrogen and oxygen atoms in total. The van der Waals surface area contributed by atoms with Crippen LogP contribution in [-0.4, -0.2) is 46.5 Å². The average molecular weight is 277 g/mol. The van der Waals surface area contributed by atoms with Gasteiger partial charge in [0.1, 0.15) is 0 Å². The van der Waals surface area contributed by atoms with Crippen molar-refractivity contribution >= 4 is 10.2 Å². The van der Waals surface area contributed by atoms with Crippen LogP contribution in [0.2, 0.25) is 0 Å². The summed E-state index contributed by atoms with van der Waals surface area (Å²) < 4.78 is 28.2. The molecule has 1 aliphatic carbocycles. The quantitative estimate of drug-likeness (QED) is 0.617. The van der Waals surface area contributed by atoms with E-state index >= 15 is 0 Å². The Kier molecular flexibility index (Phi) is 6.04. The molecule has 0 aromatic carbocycles. The van der Waals surface area contributed by atoms with Crippen molar-refractivity contribution in [3.63, 3.8) is 0 Å². The molecule has 0 spiro atoms. The van der Waals surface area contributed by atoms with E-state index in [4.69, 9.17) is 0 Å². The number of hydrogen-bond acceptors (Lipinski definition) is 3. The summed E-state index contributed by atoms with van der Waals surface area (Å²) in [7, 11) is 0.201. The Morgan fingerprint density at radius 3 is 2.44 bits per heavy atom. The zero-order valence-corrected chi connectivity index (χ0v) is 12.6. The average Bonchev–Trinajstić information content (AvgIpc) is 2.28. The van der Waals surface area contributed by atoms with Crippen molar-refractivity contribution in [2.45, 2.75) is 39.0 Å². The van der Waals surface area contributed by atoms with Crippen LogP contribution in [0.5, 0.6) is 0 Å². The molecule has 2 N–H and O–H groups in total. The van der Waals surface area contributed by atoms with Crippen LogP contribution < -0.4 is 10.0 Å². The second-order valence-corrected chi connectivity index (χ2v) is 7.17. The zero-order chi connectivity index (χ0) is 13.6. The third kappa shape index (κ3) is 4.19. The van der Waals surface area contributed by atoms with Gasteiger partial charge in [0.25, 0.3) is 10.2 Å². The fourth-order valence-corrected chi connectivity index (χ4v) is 3.36. The minimum absolute atomic E-state index is 0.221. The number of nitrogens with one attached hydrogen (secondary N) is 2. The molecule has 1 fully saturated rings. The summed E-state index contributed by atoms with van der Waals surface area (Å²) in [4.78, 5) is 0. The lowest BCUT2D eigenvalue weighted by atomic mass is 9.67. The molecule has 0 bridgehead atoms. The summed E-state index contributed by atoms with van der Waals surface area (Å²) in [6, 6.07) is 0. The Balaban J connectivity index is 2.38. The molecule has 1 aliphatic rings. The molecule has 0 aromatic rings. The molecule has 108 valence electrons. The molecule has 6 heteroatoms. The molecule has 0 atom stereocenters. The Labute approximate surface area is 112 Å². The maximum absolute atomic E-state index is 12.0. The summed E-state index contributed by atoms with van der Waals surface area (Å²) in [6.45, 7) is 4.11. The molecule has 0 unspecified atom stereocenters. The van der Waals surface area contributed by atoms with E-state index in [0.29, 0.717) is 13.1 Å². The normalized spacial score (nSPS) is 18.9. The van der Waals surface area contributed by atoms with Crippen molar-refractivity contribution in [3.05, 3.63) is 0 Å².